The van der Waals surface area contributed by atoms with Gasteiger partial charge in [0.05, 0.1) is 5.69 Å². The molecule has 1 aliphatic rings. The summed E-state index contributed by atoms with van der Waals surface area (Å²) in [5, 5.41) is 5.77. The fraction of sp³-hybridized carbons (Fsp3) is 0.294. The topological polar surface area (TPSA) is 110 Å². The molecular formula is C17H18FN7O. The van der Waals surface area contributed by atoms with Crippen LogP contribution in [0.4, 0.5) is 16.2 Å². The third kappa shape index (κ3) is 2.81. The van der Waals surface area contributed by atoms with Gasteiger partial charge in [0.15, 0.2) is 5.69 Å². The van der Waals surface area contributed by atoms with Gasteiger partial charge in [-0.25, -0.2) is 9.97 Å². The van der Waals surface area contributed by atoms with E-state index in [1.807, 2.05) is 6.07 Å². The molecule has 1 amide bonds. The minimum Gasteiger partial charge on any atom is -0.373 e. The van der Waals surface area contributed by atoms with Crippen molar-refractivity contribution in [3.8, 4) is 0 Å². The predicted octanol–water partition coefficient (Wildman–Crippen LogP) is 1.56. The summed E-state index contributed by atoms with van der Waals surface area (Å²) in [4.78, 5) is 24.7. The van der Waals surface area contributed by atoms with Gasteiger partial charge in [0.1, 0.15) is 11.5 Å². The second kappa shape index (κ2) is 6.25. The SMILES string of the molecule is CNc1cc(C2CC(NC(=O)c3nc4ccccn4c3F)C2)nc(N)n1. The number of carbonyl (C=O) groups excluding carboxylic acids is 1. The first kappa shape index (κ1) is 16.2. The van der Waals surface area contributed by atoms with Crippen molar-refractivity contribution in [3.63, 3.8) is 0 Å². The third-order valence-corrected chi connectivity index (χ3v) is 4.60. The summed E-state index contributed by atoms with van der Waals surface area (Å²) in [7, 11) is 1.76. The number of hydrogen-bond acceptors (Lipinski definition) is 6. The van der Waals surface area contributed by atoms with E-state index < -0.39 is 11.9 Å². The summed E-state index contributed by atoms with van der Waals surface area (Å²) >= 11 is 0. The Labute approximate surface area is 148 Å². The molecule has 3 aromatic rings. The molecule has 4 N–H and O–H groups in total. The largest absolute Gasteiger partial charge is 0.373 e. The summed E-state index contributed by atoms with van der Waals surface area (Å²) in [5.74, 6) is -0.106. The second-order valence-corrected chi connectivity index (χ2v) is 6.31. The number of nitrogens with one attached hydrogen (secondary N) is 2. The van der Waals surface area contributed by atoms with Crippen LogP contribution in [0.25, 0.3) is 5.65 Å². The lowest BCUT2D eigenvalue weighted by Gasteiger charge is -2.35. The van der Waals surface area contributed by atoms with Crippen LogP contribution >= 0.6 is 0 Å². The van der Waals surface area contributed by atoms with Crippen LogP contribution in [-0.2, 0) is 0 Å². The number of fused-ring (bicyclic) bond motifs is 1. The van der Waals surface area contributed by atoms with Crippen molar-refractivity contribution in [2.45, 2.75) is 24.8 Å². The number of anilines is 2. The molecule has 4 rings (SSSR count). The van der Waals surface area contributed by atoms with Gasteiger partial charge in [0, 0.05) is 31.3 Å². The van der Waals surface area contributed by atoms with E-state index >= 15 is 0 Å². The summed E-state index contributed by atoms with van der Waals surface area (Å²) in [6, 6.07) is 6.88. The number of carbonyl (C=O) groups is 1. The van der Waals surface area contributed by atoms with Crippen molar-refractivity contribution in [2.75, 3.05) is 18.1 Å². The highest BCUT2D eigenvalue weighted by atomic mass is 19.1. The first-order valence-corrected chi connectivity index (χ1v) is 8.31. The lowest BCUT2D eigenvalue weighted by atomic mass is 9.78. The standard InChI is InChI=1S/C17H18FN7O/c1-20-12-8-11(22-17(19)23-12)9-6-10(7-9)21-16(26)14-15(18)25-5-3-2-4-13(25)24-14/h2-5,8-10H,6-7H2,1H3,(H,21,26)(H3,19,20,22,23). The molecule has 0 unspecified atom stereocenters. The van der Waals surface area contributed by atoms with Crippen molar-refractivity contribution in [1.82, 2.24) is 24.7 Å². The minimum atomic E-state index is -0.656. The highest BCUT2D eigenvalue weighted by molar-refractivity contribution is 5.93. The Bertz CT molecular complexity index is 980. The van der Waals surface area contributed by atoms with Crippen LogP contribution in [0.5, 0.6) is 0 Å². The van der Waals surface area contributed by atoms with E-state index in [2.05, 4.69) is 25.6 Å². The molecule has 0 aromatic carbocycles. The number of pyridine rings is 1. The number of amides is 1. The van der Waals surface area contributed by atoms with Gasteiger partial charge in [-0.2, -0.15) is 9.37 Å². The Morgan fingerprint density at radius 3 is 2.85 bits per heavy atom. The Kier molecular flexibility index (Phi) is 3.90. The van der Waals surface area contributed by atoms with Gasteiger partial charge in [-0.05, 0) is 25.0 Å². The molecule has 0 aliphatic heterocycles. The number of nitrogens with zero attached hydrogens (tertiary/aromatic N) is 4. The highest BCUT2D eigenvalue weighted by Crippen LogP contribution is 2.36. The summed E-state index contributed by atoms with van der Waals surface area (Å²) in [6.45, 7) is 0. The fourth-order valence-corrected chi connectivity index (χ4v) is 3.16. The highest BCUT2D eigenvalue weighted by Gasteiger charge is 2.34. The molecule has 0 spiro atoms. The van der Waals surface area contributed by atoms with Crippen LogP contribution < -0.4 is 16.4 Å². The number of nitrogens with two attached hydrogens (primary N) is 1. The third-order valence-electron chi connectivity index (χ3n) is 4.60. The van der Waals surface area contributed by atoms with Crippen molar-refractivity contribution in [3.05, 3.63) is 47.8 Å². The maximum Gasteiger partial charge on any atom is 0.274 e. The molecule has 0 radical (unpaired) electrons. The average molecular weight is 355 g/mol. The van der Waals surface area contributed by atoms with Crippen molar-refractivity contribution in [2.24, 2.45) is 0 Å². The summed E-state index contributed by atoms with van der Waals surface area (Å²) in [6.07, 6.45) is 2.95. The van der Waals surface area contributed by atoms with Crippen LogP contribution in [0.2, 0.25) is 0 Å². The van der Waals surface area contributed by atoms with Crippen molar-refractivity contribution >= 4 is 23.3 Å². The maximum absolute atomic E-state index is 14.3. The van der Waals surface area contributed by atoms with E-state index in [1.54, 1.807) is 25.2 Å². The Hall–Kier alpha value is -3.23. The normalized spacial score (nSPS) is 19.2. The monoisotopic (exact) mass is 355 g/mol. The van der Waals surface area contributed by atoms with Crippen LogP contribution in [-0.4, -0.2) is 38.3 Å². The minimum absolute atomic E-state index is 0.0501. The molecule has 134 valence electrons. The van der Waals surface area contributed by atoms with Crippen LogP contribution in [0.1, 0.15) is 34.9 Å². The van der Waals surface area contributed by atoms with Crippen molar-refractivity contribution < 1.29 is 9.18 Å². The first-order valence-electron chi connectivity index (χ1n) is 8.31. The van der Waals surface area contributed by atoms with Gasteiger partial charge in [-0.15, -0.1) is 0 Å². The zero-order valence-electron chi connectivity index (χ0n) is 14.1. The molecule has 3 aromatic heterocycles. The molecule has 0 atom stereocenters. The predicted molar refractivity (Wildman–Crippen MR) is 94.4 cm³/mol. The zero-order chi connectivity index (χ0) is 18.3. The van der Waals surface area contributed by atoms with E-state index in [0.29, 0.717) is 24.3 Å². The average Bonchev–Trinajstić information content (AvgIpc) is 2.94. The smallest absolute Gasteiger partial charge is 0.274 e. The molecule has 0 saturated heterocycles. The Morgan fingerprint density at radius 2 is 2.12 bits per heavy atom. The number of hydrogen-bond donors (Lipinski definition) is 3. The quantitative estimate of drug-likeness (QED) is 0.655. The molecule has 8 nitrogen and oxygen atoms in total. The lowest BCUT2D eigenvalue weighted by molar-refractivity contribution is 0.0899. The molecule has 9 heteroatoms. The number of halogens is 1. The van der Waals surface area contributed by atoms with E-state index in [0.717, 1.165) is 5.69 Å². The number of aromatic nitrogens is 4. The molecule has 26 heavy (non-hydrogen) atoms. The Morgan fingerprint density at radius 1 is 1.31 bits per heavy atom. The first-order chi connectivity index (χ1) is 12.5. The lowest BCUT2D eigenvalue weighted by Crippen LogP contribution is -2.44. The van der Waals surface area contributed by atoms with E-state index in [-0.39, 0.29) is 23.6 Å². The van der Waals surface area contributed by atoms with Crippen LogP contribution in [0.15, 0.2) is 30.5 Å². The van der Waals surface area contributed by atoms with Crippen LogP contribution in [0.3, 0.4) is 0 Å². The van der Waals surface area contributed by atoms with Crippen molar-refractivity contribution in [1.29, 1.82) is 0 Å². The molecule has 3 heterocycles. The Balaban J connectivity index is 1.43. The molecule has 1 fully saturated rings. The number of imidazole rings is 1. The number of rotatable bonds is 4. The number of nitrogen functional groups attached to an aromatic ring is 1. The van der Waals surface area contributed by atoms with Crippen LogP contribution in [0, 0.1) is 5.95 Å². The summed E-state index contributed by atoms with van der Waals surface area (Å²) < 4.78 is 15.6. The molecule has 0 bridgehead atoms. The second-order valence-electron chi connectivity index (χ2n) is 6.31. The van der Waals surface area contributed by atoms with E-state index in [1.165, 1.54) is 10.6 Å². The van der Waals surface area contributed by atoms with E-state index in [9.17, 15) is 9.18 Å². The van der Waals surface area contributed by atoms with Gasteiger partial charge in [-0.3, -0.25) is 9.20 Å². The molecular weight excluding hydrogens is 337 g/mol. The molecule has 1 aliphatic carbocycles. The summed E-state index contributed by atoms with van der Waals surface area (Å²) in [5.41, 5.74) is 6.76. The maximum atomic E-state index is 14.3. The fourth-order valence-electron chi connectivity index (χ4n) is 3.16. The van der Waals surface area contributed by atoms with Gasteiger partial charge in [0.25, 0.3) is 5.91 Å². The van der Waals surface area contributed by atoms with E-state index in [4.69, 9.17) is 5.73 Å². The molecule has 1 saturated carbocycles. The van der Waals surface area contributed by atoms with Gasteiger partial charge in [-0.1, -0.05) is 6.07 Å². The van der Waals surface area contributed by atoms with Gasteiger partial charge in [0.2, 0.25) is 11.9 Å². The zero-order valence-corrected chi connectivity index (χ0v) is 14.1. The van der Waals surface area contributed by atoms with Gasteiger partial charge >= 0.3 is 0 Å². The van der Waals surface area contributed by atoms with Gasteiger partial charge < -0.3 is 16.4 Å².